The van der Waals surface area contributed by atoms with Gasteiger partial charge in [0.05, 0.1) is 5.69 Å². The Morgan fingerprint density at radius 3 is 2.56 bits per heavy atom. The van der Waals surface area contributed by atoms with Crippen LogP contribution in [0.15, 0.2) is 30.3 Å². The van der Waals surface area contributed by atoms with Crippen molar-refractivity contribution < 1.29 is 0 Å². The molecule has 0 saturated carbocycles. The van der Waals surface area contributed by atoms with E-state index in [4.69, 9.17) is 0 Å². The molecule has 2 rings (SSSR count). The first-order valence-corrected chi connectivity index (χ1v) is 6.57. The molecule has 0 fully saturated rings. The Morgan fingerprint density at radius 1 is 1.22 bits per heavy atom. The summed E-state index contributed by atoms with van der Waals surface area (Å²) in [6.45, 7) is 7.48. The molecular weight excluding hydrogens is 222 g/mol. The third-order valence-corrected chi connectivity index (χ3v) is 2.94. The summed E-state index contributed by atoms with van der Waals surface area (Å²) in [5.74, 6) is 1.53. The van der Waals surface area contributed by atoms with E-state index in [2.05, 4.69) is 66.6 Å². The van der Waals surface area contributed by atoms with Gasteiger partial charge in [0.25, 0.3) is 0 Å². The van der Waals surface area contributed by atoms with Crippen LogP contribution in [0.1, 0.15) is 26.3 Å². The maximum Gasteiger partial charge on any atom is 0.148 e. The van der Waals surface area contributed by atoms with Crippen molar-refractivity contribution in [3.05, 3.63) is 35.9 Å². The highest BCUT2D eigenvalue weighted by Crippen LogP contribution is 2.20. The Bertz CT molecular complexity index is 483. The molecule has 0 aliphatic carbocycles. The summed E-state index contributed by atoms with van der Waals surface area (Å²) in [4.78, 5) is 0. The lowest BCUT2D eigenvalue weighted by atomic mass is 10.1. The van der Waals surface area contributed by atoms with Crippen LogP contribution >= 0.6 is 0 Å². The Labute approximate surface area is 109 Å². The number of benzene rings is 1. The summed E-state index contributed by atoms with van der Waals surface area (Å²) >= 11 is 0. The Balaban J connectivity index is 2.08. The zero-order chi connectivity index (χ0) is 13.0. The van der Waals surface area contributed by atoms with E-state index in [9.17, 15) is 0 Å². The molecule has 0 spiro atoms. The molecule has 0 amide bonds. The van der Waals surface area contributed by atoms with Crippen molar-refractivity contribution in [3.8, 4) is 11.3 Å². The molecular formula is C15H21N3. The van der Waals surface area contributed by atoms with E-state index in [-0.39, 0.29) is 0 Å². The first-order chi connectivity index (χ1) is 8.69. The van der Waals surface area contributed by atoms with Gasteiger partial charge < -0.3 is 5.32 Å². The third kappa shape index (κ3) is 3.13. The number of hydrogen-bond acceptors (Lipinski definition) is 2. The third-order valence-electron chi connectivity index (χ3n) is 2.94. The van der Waals surface area contributed by atoms with E-state index in [0.29, 0.717) is 5.92 Å². The summed E-state index contributed by atoms with van der Waals surface area (Å²) in [6.07, 6.45) is 1.07. The molecule has 0 saturated heterocycles. The minimum atomic E-state index is 0.619. The maximum atomic E-state index is 4.27. The van der Waals surface area contributed by atoms with Crippen molar-refractivity contribution in [3.63, 3.8) is 0 Å². The molecule has 0 atom stereocenters. The van der Waals surface area contributed by atoms with Crippen LogP contribution in [0.3, 0.4) is 0 Å². The smallest absolute Gasteiger partial charge is 0.148 e. The lowest BCUT2D eigenvalue weighted by molar-refractivity contribution is 0.687. The van der Waals surface area contributed by atoms with Gasteiger partial charge >= 0.3 is 0 Å². The predicted molar refractivity (Wildman–Crippen MR) is 76.7 cm³/mol. The standard InChI is InChI=1S/C15H21N3/c1-4-12-5-7-13(8-6-12)14-9-15(18-17-14)16-10-11(2)3/h5-9,11H,4,10H2,1-3H3,(H2,16,17,18). The van der Waals surface area contributed by atoms with E-state index in [1.165, 1.54) is 11.1 Å². The van der Waals surface area contributed by atoms with Crippen LogP contribution in [0.25, 0.3) is 11.3 Å². The van der Waals surface area contributed by atoms with E-state index in [1.54, 1.807) is 0 Å². The molecule has 0 bridgehead atoms. The van der Waals surface area contributed by atoms with Gasteiger partial charge in [-0.15, -0.1) is 0 Å². The van der Waals surface area contributed by atoms with Crippen molar-refractivity contribution in [1.29, 1.82) is 0 Å². The highest BCUT2D eigenvalue weighted by atomic mass is 15.2. The number of aromatic amines is 1. The molecule has 1 aromatic heterocycles. The number of nitrogens with one attached hydrogen (secondary N) is 2. The largest absolute Gasteiger partial charge is 0.368 e. The van der Waals surface area contributed by atoms with Gasteiger partial charge in [-0.05, 0) is 23.5 Å². The normalized spacial score (nSPS) is 10.9. The molecule has 2 N–H and O–H groups in total. The fraction of sp³-hybridized carbons (Fsp3) is 0.400. The second kappa shape index (κ2) is 5.71. The molecule has 96 valence electrons. The molecule has 3 nitrogen and oxygen atoms in total. The average molecular weight is 243 g/mol. The number of rotatable bonds is 5. The molecule has 18 heavy (non-hydrogen) atoms. The van der Waals surface area contributed by atoms with Crippen LogP contribution in [-0.2, 0) is 6.42 Å². The van der Waals surface area contributed by atoms with Crippen molar-refractivity contribution >= 4 is 5.82 Å². The van der Waals surface area contributed by atoms with Crippen LogP contribution in [-0.4, -0.2) is 16.7 Å². The van der Waals surface area contributed by atoms with E-state index < -0.39 is 0 Å². The molecule has 0 radical (unpaired) electrons. The fourth-order valence-electron chi connectivity index (χ4n) is 1.79. The zero-order valence-corrected chi connectivity index (χ0v) is 11.3. The zero-order valence-electron chi connectivity index (χ0n) is 11.3. The quantitative estimate of drug-likeness (QED) is 0.840. The number of hydrogen-bond donors (Lipinski definition) is 2. The highest BCUT2D eigenvalue weighted by Gasteiger charge is 2.03. The Kier molecular flexibility index (Phi) is 4.03. The predicted octanol–water partition coefficient (Wildman–Crippen LogP) is 3.71. The van der Waals surface area contributed by atoms with Crippen molar-refractivity contribution in [1.82, 2.24) is 10.2 Å². The number of anilines is 1. The van der Waals surface area contributed by atoms with E-state index in [0.717, 1.165) is 24.5 Å². The van der Waals surface area contributed by atoms with Gasteiger partial charge in [0.1, 0.15) is 5.82 Å². The van der Waals surface area contributed by atoms with E-state index in [1.807, 2.05) is 0 Å². The van der Waals surface area contributed by atoms with Gasteiger partial charge in [-0.1, -0.05) is 45.0 Å². The molecule has 2 aromatic rings. The van der Waals surface area contributed by atoms with Crippen LogP contribution < -0.4 is 5.32 Å². The molecule has 0 unspecified atom stereocenters. The van der Waals surface area contributed by atoms with Gasteiger partial charge in [-0.2, -0.15) is 5.10 Å². The summed E-state index contributed by atoms with van der Waals surface area (Å²) in [7, 11) is 0. The van der Waals surface area contributed by atoms with Gasteiger partial charge in [0, 0.05) is 12.6 Å². The monoisotopic (exact) mass is 243 g/mol. The van der Waals surface area contributed by atoms with Crippen LogP contribution in [0.5, 0.6) is 0 Å². The second-order valence-electron chi connectivity index (χ2n) is 4.99. The van der Waals surface area contributed by atoms with Crippen LogP contribution in [0.2, 0.25) is 0 Å². The summed E-state index contributed by atoms with van der Waals surface area (Å²) < 4.78 is 0. The minimum absolute atomic E-state index is 0.619. The van der Waals surface area contributed by atoms with Gasteiger partial charge in [-0.3, -0.25) is 5.10 Å². The van der Waals surface area contributed by atoms with Crippen molar-refractivity contribution in [2.75, 3.05) is 11.9 Å². The molecule has 1 heterocycles. The summed E-state index contributed by atoms with van der Waals surface area (Å²) in [5, 5.41) is 10.7. The van der Waals surface area contributed by atoms with Crippen LogP contribution in [0, 0.1) is 5.92 Å². The second-order valence-corrected chi connectivity index (χ2v) is 4.99. The number of H-pyrrole nitrogens is 1. The SMILES string of the molecule is CCc1ccc(-c2cc(NCC(C)C)n[nH]2)cc1. The molecule has 0 aliphatic rings. The van der Waals surface area contributed by atoms with Gasteiger partial charge in [0.2, 0.25) is 0 Å². The number of aromatic nitrogens is 2. The molecule has 1 aromatic carbocycles. The molecule has 0 aliphatic heterocycles. The molecule has 3 heteroatoms. The first-order valence-electron chi connectivity index (χ1n) is 6.57. The van der Waals surface area contributed by atoms with Gasteiger partial charge in [-0.25, -0.2) is 0 Å². The van der Waals surface area contributed by atoms with Crippen molar-refractivity contribution in [2.24, 2.45) is 5.92 Å². The maximum absolute atomic E-state index is 4.27. The van der Waals surface area contributed by atoms with Crippen molar-refractivity contribution in [2.45, 2.75) is 27.2 Å². The topological polar surface area (TPSA) is 40.7 Å². The summed E-state index contributed by atoms with van der Waals surface area (Å²) in [6, 6.07) is 10.7. The van der Waals surface area contributed by atoms with Crippen LogP contribution in [0.4, 0.5) is 5.82 Å². The highest BCUT2D eigenvalue weighted by molar-refractivity contribution is 5.62. The lowest BCUT2D eigenvalue weighted by Gasteiger charge is -2.04. The Hall–Kier alpha value is -1.77. The minimum Gasteiger partial charge on any atom is -0.368 e. The lowest BCUT2D eigenvalue weighted by Crippen LogP contribution is -2.07. The van der Waals surface area contributed by atoms with E-state index >= 15 is 0 Å². The van der Waals surface area contributed by atoms with Gasteiger partial charge in [0.15, 0.2) is 0 Å². The fourth-order valence-corrected chi connectivity index (χ4v) is 1.79. The number of aryl methyl sites for hydroxylation is 1. The first kappa shape index (κ1) is 12.7. The Morgan fingerprint density at radius 2 is 1.94 bits per heavy atom. The number of nitrogens with zero attached hydrogens (tertiary/aromatic N) is 1. The average Bonchev–Trinajstić information content (AvgIpc) is 2.85. The summed E-state index contributed by atoms with van der Waals surface area (Å²) in [5.41, 5.74) is 3.60.